The third-order valence-corrected chi connectivity index (χ3v) is 3.60. The van der Waals surface area contributed by atoms with Gasteiger partial charge in [0.2, 0.25) is 5.91 Å². The number of nitrogens with two attached hydrogens (primary N) is 1. The van der Waals surface area contributed by atoms with E-state index >= 15 is 0 Å². The van der Waals surface area contributed by atoms with Crippen LogP contribution in [0.1, 0.15) is 12.8 Å². The highest BCUT2D eigenvalue weighted by Gasteiger charge is 2.25. The lowest BCUT2D eigenvalue weighted by atomic mass is 10.0. The van der Waals surface area contributed by atoms with Gasteiger partial charge < -0.3 is 11.1 Å². The summed E-state index contributed by atoms with van der Waals surface area (Å²) in [7, 11) is 0. The van der Waals surface area contributed by atoms with E-state index < -0.39 is 0 Å². The van der Waals surface area contributed by atoms with E-state index in [-0.39, 0.29) is 5.91 Å². The first kappa shape index (κ1) is 11.8. The van der Waals surface area contributed by atoms with Gasteiger partial charge in [0, 0.05) is 45.3 Å². The summed E-state index contributed by atoms with van der Waals surface area (Å²) in [5.74, 6) is -0.208. The van der Waals surface area contributed by atoms with Gasteiger partial charge >= 0.3 is 0 Å². The van der Waals surface area contributed by atoms with Crippen LogP contribution in [0.3, 0.4) is 0 Å². The van der Waals surface area contributed by atoms with Gasteiger partial charge in [0.25, 0.3) is 0 Å². The number of nitrogens with zero attached hydrogens (tertiary/aromatic N) is 2. The quantitative estimate of drug-likeness (QED) is 0.637. The second kappa shape index (κ2) is 5.61. The summed E-state index contributed by atoms with van der Waals surface area (Å²) in [6.45, 7) is 7.01. The Morgan fingerprint density at radius 2 is 1.81 bits per heavy atom. The zero-order chi connectivity index (χ0) is 11.4. The zero-order valence-corrected chi connectivity index (χ0v) is 9.82. The molecule has 0 saturated carbocycles. The van der Waals surface area contributed by atoms with Crippen molar-refractivity contribution >= 4 is 5.91 Å². The number of hydrogen-bond donors (Lipinski definition) is 2. The van der Waals surface area contributed by atoms with Crippen LogP contribution in [-0.4, -0.2) is 67.6 Å². The van der Waals surface area contributed by atoms with Crippen LogP contribution in [0, 0.1) is 0 Å². The molecule has 0 atom stereocenters. The van der Waals surface area contributed by atoms with Crippen LogP contribution in [0.15, 0.2) is 0 Å². The molecule has 2 rings (SSSR count). The van der Waals surface area contributed by atoms with Crippen molar-refractivity contribution in [3.05, 3.63) is 0 Å². The number of piperidine rings is 1. The molecule has 0 aromatic heterocycles. The van der Waals surface area contributed by atoms with Crippen molar-refractivity contribution < 1.29 is 4.79 Å². The SMILES string of the molecule is NC(=O)CN1CCC(N2CCNCC2)CC1. The van der Waals surface area contributed by atoms with Gasteiger partial charge in [0.15, 0.2) is 0 Å². The first-order valence-corrected chi connectivity index (χ1v) is 6.21. The lowest BCUT2D eigenvalue weighted by Crippen LogP contribution is -2.52. The van der Waals surface area contributed by atoms with E-state index in [1.165, 1.54) is 25.9 Å². The molecule has 1 amide bonds. The predicted molar refractivity (Wildman–Crippen MR) is 63.1 cm³/mol. The molecule has 0 aliphatic carbocycles. The monoisotopic (exact) mass is 226 g/mol. The minimum Gasteiger partial charge on any atom is -0.369 e. The minimum absolute atomic E-state index is 0.208. The Bertz CT molecular complexity index is 232. The zero-order valence-electron chi connectivity index (χ0n) is 9.82. The van der Waals surface area contributed by atoms with E-state index in [1.807, 2.05) is 0 Å². The second-order valence-electron chi connectivity index (χ2n) is 4.76. The van der Waals surface area contributed by atoms with Crippen molar-refractivity contribution in [3.63, 3.8) is 0 Å². The molecule has 0 spiro atoms. The van der Waals surface area contributed by atoms with Crippen molar-refractivity contribution in [2.45, 2.75) is 18.9 Å². The maximum absolute atomic E-state index is 10.8. The van der Waals surface area contributed by atoms with Gasteiger partial charge in [0.1, 0.15) is 0 Å². The van der Waals surface area contributed by atoms with Crippen molar-refractivity contribution in [2.75, 3.05) is 45.8 Å². The van der Waals surface area contributed by atoms with Gasteiger partial charge in [0.05, 0.1) is 6.54 Å². The van der Waals surface area contributed by atoms with Crippen LogP contribution in [0.2, 0.25) is 0 Å². The molecule has 0 unspecified atom stereocenters. The van der Waals surface area contributed by atoms with Crippen LogP contribution in [0.25, 0.3) is 0 Å². The molecule has 2 heterocycles. The van der Waals surface area contributed by atoms with Gasteiger partial charge in [-0.15, -0.1) is 0 Å². The summed E-state index contributed by atoms with van der Waals surface area (Å²) in [6.07, 6.45) is 2.35. The van der Waals surface area contributed by atoms with Gasteiger partial charge in [-0.1, -0.05) is 0 Å². The van der Waals surface area contributed by atoms with Crippen LogP contribution in [0.5, 0.6) is 0 Å². The Kier molecular flexibility index (Phi) is 4.15. The molecular weight excluding hydrogens is 204 g/mol. The Morgan fingerprint density at radius 3 is 2.38 bits per heavy atom. The van der Waals surface area contributed by atoms with E-state index in [1.54, 1.807) is 0 Å². The molecule has 3 N–H and O–H groups in total. The topological polar surface area (TPSA) is 61.6 Å². The predicted octanol–water partition coefficient (Wildman–Crippen LogP) is -1.16. The van der Waals surface area contributed by atoms with E-state index in [9.17, 15) is 4.79 Å². The van der Waals surface area contributed by atoms with Gasteiger partial charge in [-0.2, -0.15) is 0 Å². The number of amides is 1. The smallest absolute Gasteiger partial charge is 0.231 e. The number of likely N-dealkylation sites (tertiary alicyclic amines) is 1. The number of rotatable bonds is 3. The van der Waals surface area contributed by atoms with Gasteiger partial charge in [-0.05, 0) is 12.8 Å². The van der Waals surface area contributed by atoms with Gasteiger partial charge in [-0.25, -0.2) is 0 Å². The number of nitrogens with one attached hydrogen (secondary N) is 1. The molecule has 2 fully saturated rings. The lowest BCUT2D eigenvalue weighted by molar-refractivity contribution is -0.119. The van der Waals surface area contributed by atoms with E-state index in [0.29, 0.717) is 12.6 Å². The molecule has 0 radical (unpaired) electrons. The average Bonchev–Trinajstić information content (AvgIpc) is 2.30. The molecule has 0 bridgehead atoms. The third-order valence-electron chi connectivity index (χ3n) is 3.60. The summed E-state index contributed by atoms with van der Waals surface area (Å²) in [6, 6.07) is 0.714. The Morgan fingerprint density at radius 1 is 1.19 bits per heavy atom. The highest BCUT2D eigenvalue weighted by Crippen LogP contribution is 2.16. The lowest BCUT2D eigenvalue weighted by Gasteiger charge is -2.40. The van der Waals surface area contributed by atoms with Crippen LogP contribution < -0.4 is 11.1 Å². The molecule has 2 aliphatic rings. The Hall–Kier alpha value is -0.650. The molecule has 0 aromatic carbocycles. The molecule has 16 heavy (non-hydrogen) atoms. The average molecular weight is 226 g/mol. The molecule has 2 aliphatic heterocycles. The van der Waals surface area contributed by atoms with E-state index in [0.717, 1.165) is 26.2 Å². The first-order chi connectivity index (χ1) is 7.75. The maximum Gasteiger partial charge on any atom is 0.231 e. The molecule has 0 aromatic rings. The fourth-order valence-corrected chi connectivity index (χ4v) is 2.71. The number of primary amides is 1. The highest BCUT2D eigenvalue weighted by molar-refractivity contribution is 5.75. The minimum atomic E-state index is -0.208. The van der Waals surface area contributed by atoms with Gasteiger partial charge in [-0.3, -0.25) is 14.6 Å². The standard InChI is InChI=1S/C11H22N4O/c12-11(16)9-14-5-1-10(2-6-14)15-7-3-13-4-8-15/h10,13H,1-9H2,(H2,12,16). The third kappa shape index (κ3) is 3.17. The number of piperazine rings is 1. The van der Waals surface area contributed by atoms with Crippen molar-refractivity contribution in [1.82, 2.24) is 15.1 Å². The molecule has 5 nitrogen and oxygen atoms in total. The summed E-state index contributed by atoms with van der Waals surface area (Å²) in [4.78, 5) is 15.6. The van der Waals surface area contributed by atoms with Crippen LogP contribution >= 0.6 is 0 Å². The fraction of sp³-hybridized carbons (Fsp3) is 0.909. The molecule has 5 heteroatoms. The van der Waals surface area contributed by atoms with Crippen LogP contribution in [-0.2, 0) is 4.79 Å². The Balaban J connectivity index is 1.73. The highest BCUT2D eigenvalue weighted by atomic mass is 16.1. The van der Waals surface area contributed by atoms with Crippen molar-refractivity contribution in [3.8, 4) is 0 Å². The van der Waals surface area contributed by atoms with E-state index in [4.69, 9.17) is 5.73 Å². The fourth-order valence-electron chi connectivity index (χ4n) is 2.71. The summed E-state index contributed by atoms with van der Waals surface area (Å²) >= 11 is 0. The number of hydrogen-bond acceptors (Lipinski definition) is 4. The maximum atomic E-state index is 10.8. The largest absolute Gasteiger partial charge is 0.369 e. The van der Waals surface area contributed by atoms with E-state index in [2.05, 4.69) is 15.1 Å². The molecule has 92 valence electrons. The number of carbonyl (C=O) groups is 1. The summed E-state index contributed by atoms with van der Waals surface area (Å²) < 4.78 is 0. The normalized spacial score (nSPS) is 25.8. The van der Waals surface area contributed by atoms with Crippen molar-refractivity contribution in [2.24, 2.45) is 5.73 Å². The summed E-state index contributed by atoms with van der Waals surface area (Å²) in [5, 5.41) is 3.38. The molecular formula is C11H22N4O. The first-order valence-electron chi connectivity index (χ1n) is 6.21. The second-order valence-corrected chi connectivity index (χ2v) is 4.76. The molecule has 2 saturated heterocycles. The summed E-state index contributed by atoms with van der Waals surface area (Å²) in [5.41, 5.74) is 5.20. The number of carbonyl (C=O) groups excluding carboxylic acids is 1. The van der Waals surface area contributed by atoms with Crippen molar-refractivity contribution in [1.29, 1.82) is 0 Å². The Labute approximate surface area is 96.9 Å². The van der Waals surface area contributed by atoms with Crippen LogP contribution in [0.4, 0.5) is 0 Å².